The second kappa shape index (κ2) is 12.3. The molecule has 3 amide bonds. The predicted molar refractivity (Wildman–Crippen MR) is 139 cm³/mol. The minimum Gasteiger partial charge on any atom is -0.480 e. The second-order valence-electron chi connectivity index (χ2n) is 9.85. The number of carboxylic acids is 1. The minimum atomic E-state index is -1.28. The van der Waals surface area contributed by atoms with Gasteiger partial charge in [-0.2, -0.15) is 0 Å². The van der Waals surface area contributed by atoms with E-state index in [9.17, 15) is 24.3 Å². The average molecular weight is 554 g/mol. The highest BCUT2D eigenvalue weighted by molar-refractivity contribution is 5.93. The quantitative estimate of drug-likeness (QED) is 0.513. The van der Waals surface area contributed by atoms with E-state index < -0.39 is 48.3 Å². The van der Waals surface area contributed by atoms with Crippen LogP contribution in [-0.2, 0) is 41.4 Å². The van der Waals surface area contributed by atoms with Crippen LogP contribution >= 0.6 is 0 Å². The Morgan fingerprint density at radius 2 is 1.57 bits per heavy atom. The molecule has 212 valence electrons. The van der Waals surface area contributed by atoms with Crippen LogP contribution in [0.15, 0.2) is 48.5 Å². The second-order valence-corrected chi connectivity index (χ2v) is 9.85. The highest BCUT2D eigenvalue weighted by atomic mass is 16.7. The van der Waals surface area contributed by atoms with Gasteiger partial charge in [0.05, 0.1) is 19.8 Å². The SMILES string of the molecule is O=C(O)[C@@H]1Cc2cccc(c2)Oc2cccc(c2)C[C@H](N2CCOC2=O)C(=O)N[C@@H](CC2OCCCO2)C(=O)N1. The normalized spacial score (nSPS) is 24.4. The van der Waals surface area contributed by atoms with Gasteiger partial charge in [-0.05, 0) is 41.8 Å². The fourth-order valence-corrected chi connectivity index (χ4v) is 4.94. The summed E-state index contributed by atoms with van der Waals surface area (Å²) >= 11 is 0. The molecule has 0 aliphatic carbocycles. The van der Waals surface area contributed by atoms with Crippen LogP contribution < -0.4 is 15.4 Å². The standard InChI is InChI=1S/C28H31N3O9/c32-25-21(16-24-37-9-3-10-38-24)29-26(33)23(31-8-11-39-28(31)36)15-18-5-2-7-20(13-18)40-19-6-1-4-17(12-19)14-22(30-25)27(34)35/h1-2,4-7,12-13,21-24H,3,8-11,14-16H2,(H,29,33)(H,30,32)(H,34,35)/t21-,22-,23-/m0/s1. The lowest BCUT2D eigenvalue weighted by atomic mass is 10.0. The molecule has 3 heterocycles. The van der Waals surface area contributed by atoms with Crippen LogP contribution in [0.25, 0.3) is 0 Å². The van der Waals surface area contributed by atoms with Gasteiger partial charge >= 0.3 is 12.1 Å². The van der Waals surface area contributed by atoms with E-state index in [-0.39, 0.29) is 32.4 Å². The van der Waals surface area contributed by atoms with Crippen molar-refractivity contribution < 1.29 is 43.2 Å². The fraction of sp³-hybridized carbons (Fsp3) is 0.429. The van der Waals surface area contributed by atoms with E-state index >= 15 is 0 Å². The van der Waals surface area contributed by atoms with E-state index in [4.69, 9.17) is 18.9 Å². The molecule has 3 atom stereocenters. The molecule has 0 spiro atoms. The lowest BCUT2D eigenvalue weighted by Crippen LogP contribution is -2.57. The van der Waals surface area contributed by atoms with Crippen LogP contribution in [0.3, 0.4) is 0 Å². The summed E-state index contributed by atoms with van der Waals surface area (Å²) in [5, 5.41) is 15.2. The van der Waals surface area contributed by atoms with Crippen LogP contribution in [0.2, 0.25) is 0 Å². The molecule has 0 saturated carbocycles. The molecule has 2 fully saturated rings. The van der Waals surface area contributed by atoms with Gasteiger partial charge in [-0.15, -0.1) is 0 Å². The minimum absolute atomic E-state index is 0.0162. The van der Waals surface area contributed by atoms with E-state index in [2.05, 4.69) is 10.6 Å². The largest absolute Gasteiger partial charge is 0.480 e. The number of carboxylic acid groups (broad SMARTS) is 1. The maximum atomic E-state index is 13.7. The maximum Gasteiger partial charge on any atom is 0.410 e. The van der Waals surface area contributed by atoms with Crippen molar-refractivity contribution in [3.8, 4) is 11.5 Å². The van der Waals surface area contributed by atoms with Gasteiger partial charge in [0.15, 0.2) is 6.29 Å². The zero-order valence-corrected chi connectivity index (χ0v) is 21.7. The van der Waals surface area contributed by atoms with Crippen LogP contribution in [0, 0.1) is 0 Å². The number of carbonyl (C=O) groups is 4. The summed E-state index contributed by atoms with van der Waals surface area (Å²) in [6, 6.07) is 10.6. The van der Waals surface area contributed by atoms with Crippen molar-refractivity contribution in [1.82, 2.24) is 15.5 Å². The van der Waals surface area contributed by atoms with Crippen molar-refractivity contribution in [2.75, 3.05) is 26.4 Å². The summed E-state index contributed by atoms with van der Waals surface area (Å²) < 4.78 is 22.3. The number of nitrogens with zero attached hydrogens (tertiary/aromatic N) is 1. The lowest BCUT2D eigenvalue weighted by molar-refractivity contribution is -0.185. The molecular formula is C28H31N3O9. The summed E-state index contributed by atoms with van der Waals surface area (Å²) in [5.41, 5.74) is 1.37. The zero-order valence-electron chi connectivity index (χ0n) is 21.7. The molecule has 12 nitrogen and oxygen atoms in total. The molecule has 12 heteroatoms. The Bertz CT molecular complexity index is 1260. The lowest BCUT2D eigenvalue weighted by Gasteiger charge is -2.30. The van der Waals surface area contributed by atoms with Gasteiger partial charge in [-0.25, -0.2) is 9.59 Å². The summed E-state index contributed by atoms with van der Waals surface area (Å²) in [4.78, 5) is 53.1. The third-order valence-corrected chi connectivity index (χ3v) is 6.94. The molecule has 0 radical (unpaired) electrons. The summed E-state index contributed by atoms with van der Waals surface area (Å²) in [6.07, 6.45) is -0.635. The molecule has 3 N–H and O–H groups in total. The number of amides is 3. The number of aliphatic carboxylic acids is 1. The van der Waals surface area contributed by atoms with E-state index in [1.54, 1.807) is 42.5 Å². The Morgan fingerprint density at radius 1 is 0.900 bits per heavy atom. The van der Waals surface area contributed by atoms with Crippen LogP contribution in [-0.4, -0.2) is 84.7 Å². The fourth-order valence-electron chi connectivity index (χ4n) is 4.94. The molecule has 3 aliphatic rings. The van der Waals surface area contributed by atoms with Gasteiger partial charge in [0.25, 0.3) is 0 Å². The van der Waals surface area contributed by atoms with Crippen molar-refractivity contribution in [2.24, 2.45) is 0 Å². The number of carbonyl (C=O) groups excluding carboxylic acids is 3. The molecule has 2 saturated heterocycles. The molecule has 40 heavy (non-hydrogen) atoms. The Kier molecular flexibility index (Phi) is 8.46. The average Bonchev–Trinajstić information content (AvgIpc) is 3.36. The van der Waals surface area contributed by atoms with E-state index in [0.29, 0.717) is 36.7 Å². The number of hydrogen-bond acceptors (Lipinski definition) is 8. The molecular weight excluding hydrogens is 522 g/mol. The van der Waals surface area contributed by atoms with Gasteiger partial charge in [0.1, 0.15) is 36.2 Å². The van der Waals surface area contributed by atoms with Crippen molar-refractivity contribution in [1.29, 1.82) is 0 Å². The number of rotatable bonds is 4. The van der Waals surface area contributed by atoms with Gasteiger partial charge in [0, 0.05) is 19.3 Å². The maximum absolute atomic E-state index is 13.7. The van der Waals surface area contributed by atoms with E-state index in [0.717, 1.165) is 5.56 Å². The molecule has 0 aromatic heterocycles. The highest BCUT2D eigenvalue weighted by Crippen LogP contribution is 2.25. The van der Waals surface area contributed by atoms with Crippen LogP contribution in [0.4, 0.5) is 4.79 Å². The smallest absolute Gasteiger partial charge is 0.410 e. The Morgan fingerprint density at radius 3 is 2.20 bits per heavy atom. The van der Waals surface area contributed by atoms with Crippen molar-refractivity contribution >= 4 is 23.9 Å². The van der Waals surface area contributed by atoms with Crippen LogP contribution in [0.1, 0.15) is 24.0 Å². The molecule has 2 aromatic rings. The number of nitrogens with one attached hydrogen (secondary N) is 2. The molecule has 2 aromatic carbocycles. The zero-order chi connectivity index (χ0) is 28.1. The first-order valence-corrected chi connectivity index (χ1v) is 13.2. The van der Waals surface area contributed by atoms with Crippen molar-refractivity contribution in [2.45, 2.75) is 50.1 Å². The van der Waals surface area contributed by atoms with E-state index in [1.165, 1.54) is 4.90 Å². The van der Waals surface area contributed by atoms with Crippen molar-refractivity contribution in [3.05, 3.63) is 59.7 Å². The number of ether oxygens (including phenoxy) is 4. The van der Waals surface area contributed by atoms with Crippen LogP contribution in [0.5, 0.6) is 11.5 Å². The topological polar surface area (TPSA) is 153 Å². The monoisotopic (exact) mass is 553 g/mol. The summed E-state index contributed by atoms with van der Waals surface area (Å²) in [6.45, 7) is 1.20. The molecule has 0 unspecified atom stereocenters. The summed E-state index contributed by atoms with van der Waals surface area (Å²) in [5.74, 6) is -1.54. The number of cyclic esters (lactones) is 1. The molecule has 3 aliphatic heterocycles. The number of hydrogen-bond donors (Lipinski definition) is 3. The van der Waals surface area contributed by atoms with Gasteiger partial charge in [0.2, 0.25) is 11.8 Å². The first-order chi connectivity index (χ1) is 19.4. The number of benzene rings is 2. The third-order valence-electron chi connectivity index (χ3n) is 6.94. The van der Waals surface area contributed by atoms with E-state index in [1.807, 2.05) is 6.07 Å². The highest BCUT2D eigenvalue weighted by Gasteiger charge is 2.38. The van der Waals surface area contributed by atoms with Gasteiger partial charge < -0.3 is 34.7 Å². The Labute approximate surface area is 230 Å². The first-order valence-electron chi connectivity index (χ1n) is 13.2. The Hall–Kier alpha value is -4.16. The summed E-state index contributed by atoms with van der Waals surface area (Å²) in [7, 11) is 0. The van der Waals surface area contributed by atoms with Gasteiger partial charge in [-0.3, -0.25) is 14.5 Å². The predicted octanol–water partition coefficient (Wildman–Crippen LogP) is 1.61. The molecule has 4 bridgehead atoms. The first kappa shape index (κ1) is 27.4. The third kappa shape index (κ3) is 6.69. The van der Waals surface area contributed by atoms with Crippen molar-refractivity contribution in [3.63, 3.8) is 0 Å². The van der Waals surface area contributed by atoms with Gasteiger partial charge in [-0.1, -0.05) is 24.3 Å². The molecule has 5 rings (SSSR count). The number of fused-ring (bicyclic) bond motifs is 4. The Balaban J connectivity index is 1.51.